The quantitative estimate of drug-likeness (QED) is 0.412. The fourth-order valence-electron chi connectivity index (χ4n) is 1.27. The van der Waals surface area contributed by atoms with Gasteiger partial charge in [-0.1, -0.05) is 0 Å². The van der Waals surface area contributed by atoms with E-state index in [4.69, 9.17) is 23.7 Å². The van der Waals surface area contributed by atoms with Crippen molar-refractivity contribution in [2.75, 3.05) is 13.7 Å². The molecule has 0 aliphatic carbocycles. The van der Waals surface area contributed by atoms with Gasteiger partial charge in [0.25, 0.3) is 0 Å². The van der Waals surface area contributed by atoms with Crippen molar-refractivity contribution in [2.24, 2.45) is 5.92 Å². The number of rotatable bonds is 2. The van der Waals surface area contributed by atoms with Gasteiger partial charge in [-0.2, -0.15) is 0 Å². The zero-order valence-electron chi connectivity index (χ0n) is 6.62. The Hall–Kier alpha value is -0.455. The molecule has 1 heterocycles. The minimum atomic E-state index is -0.212. The molecule has 1 fully saturated rings. The van der Waals surface area contributed by atoms with Crippen LogP contribution in [0.15, 0.2) is 0 Å². The normalized spacial score (nSPS) is 36.9. The summed E-state index contributed by atoms with van der Waals surface area (Å²) in [6.07, 6.45) is 6.00. The van der Waals surface area contributed by atoms with Crippen LogP contribution in [0.4, 0.5) is 0 Å². The first-order valence-electron chi connectivity index (χ1n) is 3.64. The van der Waals surface area contributed by atoms with Crippen molar-refractivity contribution in [1.29, 1.82) is 0 Å². The maximum Gasteiger partial charge on any atom is 0.109 e. The molecule has 0 amide bonds. The van der Waals surface area contributed by atoms with Crippen molar-refractivity contribution in [3.63, 3.8) is 0 Å². The molecule has 3 heteroatoms. The maximum atomic E-state index is 5.55. The maximum absolute atomic E-state index is 5.55. The van der Waals surface area contributed by atoms with Crippen LogP contribution in [0, 0.1) is 18.3 Å². The van der Waals surface area contributed by atoms with E-state index in [0.29, 0.717) is 6.61 Å². The molecule has 1 aliphatic heterocycles. The molecule has 0 spiro atoms. The Labute approximate surface area is 68.7 Å². The van der Waals surface area contributed by atoms with Crippen LogP contribution in [0.5, 0.6) is 0 Å². The summed E-state index contributed by atoms with van der Waals surface area (Å²) in [4.78, 5) is 0. The van der Waals surface area contributed by atoms with Crippen LogP contribution in [0.25, 0.3) is 0 Å². The highest BCUT2D eigenvalue weighted by molar-refractivity contribution is 6.11. The lowest BCUT2D eigenvalue weighted by atomic mass is 9.91. The molecule has 0 N–H and O–H groups in total. The number of hydrogen-bond acceptors (Lipinski definition) is 2. The Morgan fingerprint density at radius 1 is 1.82 bits per heavy atom. The first-order chi connectivity index (χ1) is 5.27. The van der Waals surface area contributed by atoms with Crippen LogP contribution in [0.3, 0.4) is 0 Å². The highest BCUT2D eigenvalue weighted by Gasteiger charge is 2.30. The van der Waals surface area contributed by atoms with E-state index in [1.807, 2.05) is 0 Å². The molecule has 0 unspecified atom stereocenters. The summed E-state index contributed by atoms with van der Waals surface area (Å²) in [6.45, 7) is 0.530. The first kappa shape index (κ1) is 8.64. The van der Waals surface area contributed by atoms with E-state index >= 15 is 0 Å². The van der Waals surface area contributed by atoms with E-state index in [0.717, 1.165) is 6.42 Å². The minimum absolute atomic E-state index is 0.0139. The van der Waals surface area contributed by atoms with E-state index < -0.39 is 0 Å². The lowest BCUT2D eigenvalue weighted by Crippen LogP contribution is -2.21. The summed E-state index contributed by atoms with van der Waals surface area (Å²) < 4.78 is 10.2. The fraction of sp³-hybridized carbons (Fsp3) is 0.750. The van der Waals surface area contributed by atoms with Crippen LogP contribution >= 0.6 is 0 Å². The summed E-state index contributed by atoms with van der Waals surface area (Å²) in [5, 5.41) is 0. The third kappa shape index (κ3) is 1.98. The SMILES string of the molecule is [B][C@H]1C[C@@H](C#C)[C@@H](COC)O1. The Kier molecular flexibility index (Phi) is 2.98. The van der Waals surface area contributed by atoms with Crippen LogP contribution < -0.4 is 0 Å². The average molecular weight is 150 g/mol. The Bertz CT molecular complexity index is 164. The zero-order chi connectivity index (χ0) is 8.27. The predicted molar refractivity (Wildman–Crippen MR) is 43.2 cm³/mol. The van der Waals surface area contributed by atoms with Gasteiger partial charge < -0.3 is 9.47 Å². The van der Waals surface area contributed by atoms with E-state index in [9.17, 15) is 0 Å². The van der Waals surface area contributed by atoms with Gasteiger partial charge in [0, 0.05) is 13.1 Å². The van der Waals surface area contributed by atoms with Gasteiger partial charge in [0.15, 0.2) is 0 Å². The van der Waals surface area contributed by atoms with E-state index in [-0.39, 0.29) is 18.0 Å². The van der Waals surface area contributed by atoms with Crippen molar-refractivity contribution in [1.82, 2.24) is 0 Å². The van der Waals surface area contributed by atoms with E-state index in [1.54, 1.807) is 7.11 Å². The summed E-state index contributed by atoms with van der Waals surface area (Å²) >= 11 is 0. The smallest absolute Gasteiger partial charge is 0.109 e. The largest absolute Gasteiger partial charge is 0.382 e. The summed E-state index contributed by atoms with van der Waals surface area (Å²) in [5.74, 6) is 2.76. The predicted octanol–water partition coefficient (Wildman–Crippen LogP) is 0.166. The minimum Gasteiger partial charge on any atom is -0.382 e. The summed E-state index contributed by atoms with van der Waals surface area (Å²) in [6, 6.07) is -0.212. The van der Waals surface area contributed by atoms with Gasteiger partial charge >= 0.3 is 0 Å². The van der Waals surface area contributed by atoms with E-state index in [2.05, 4.69) is 5.92 Å². The number of terminal acetylenes is 1. The molecule has 1 aliphatic rings. The van der Waals surface area contributed by atoms with E-state index in [1.165, 1.54) is 0 Å². The summed E-state index contributed by atoms with van der Waals surface area (Å²) in [7, 11) is 7.17. The number of ether oxygens (including phenoxy) is 2. The van der Waals surface area contributed by atoms with Gasteiger partial charge in [0.05, 0.1) is 18.6 Å². The van der Waals surface area contributed by atoms with Gasteiger partial charge in [-0.05, 0) is 6.42 Å². The van der Waals surface area contributed by atoms with Crippen LogP contribution in [-0.2, 0) is 9.47 Å². The summed E-state index contributed by atoms with van der Waals surface area (Å²) in [5.41, 5.74) is 0. The number of methoxy groups -OCH3 is 1. The molecule has 0 aromatic carbocycles. The number of hydrogen-bond donors (Lipinski definition) is 0. The van der Waals surface area contributed by atoms with Gasteiger partial charge in [-0.25, -0.2) is 0 Å². The zero-order valence-corrected chi connectivity index (χ0v) is 6.62. The Morgan fingerprint density at radius 2 is 2.55 bits per heavy atom. The standard InChI is InChI=1S/C8H11BO2/c1-3-6-4-8(9)11-7(6)5-10-2/h1,6-8H,4-5H2,2H3/t6-,7-,8-/m1/s1. The van der Waals surface area contributed by atoms with Crippen LogP contribution in [0.1, 0.15) is 6.42 Å². The van der Waals surface area contributed by atoms with Crippen molar-refractivity contribution in [3.8, 4) is 12.3 Å². The molecule has 1 saturated heterocycles. The molecule has 0 aromatic rings. The lowest BCUT2D eigenvalue weighted by Gasteiger charge is -2.12. The van der Waals surface area contributed by atoms with Gasteiger partial charge in [-0.15, -0.1) is 12.3 Å². The van der Waals surface area contributed by atoms with Gasteiger partial charge in [0.2, 0.25) is 0 Å². The fourth-order valence-corrected chi connectivity index (χ4v) is 1.27. The Balaban J connectivity index is 2.45. The molecule has 2 radical (unpaired) electrons. The molecule has 3 atom stereocenters. The molecule has 0 saturated carbocycles. The molecule has 58 valence electrons. The van der Waals surface area contributed by atoms with Crippen LogP contribution in [0.2, 0.25) is 0 Å². The monoisotopic (exact) mass is 150 g/mol. The molecule has 0 bridgehead atoms. The third-order valence-corrected chi connectivity index (χ3v) is 1.83. The average Bonchev–Trinajstić information content (AvgIpc) is 2.32. The van der Waals surface area contributed by atoms with Crippen molar-refractivity contribution in [3.05, 3.63) is 0 Å². The Morgan fingerprint density at radius 3 is 3.09 bits per heavy atom. The third-order valence-electron chi connectivity index (χ3n) is 1.83. The molecule has 2 nitrogen and oxygen atoms in total. The molecular formula is C8H11BO2. The van der Waals surface area contributed by atoms with Crippen LogP contribution in [-0.4, -0.2) is 33.7 Å². The van der Waals surface area contributed by atoms with Crippen molar-refractivity contribution >= 4 is 7.85 Å². The second-order valence-corrected chi connectivity index (χ2v) is 2.68. The first-order valence-corrected chi connectivity index (χ1v) is 3.64. The second kappa shape index (κ2) is 3.80. The topological polar surface area (TPSA) is 18.5 Å². The molecule has 11 heavy (non-hydrogen) atoms. The van der Waals surface area contributed by atoms with Crippen molar-refractivity contribution < 1.29 is 9.47 Å². The van der Waals surface area contributed by atoms with Gasteiger partial charge in [0.1, 0.15) is 7.85 Å². The van der Waals surface area contributed by atoms with Crippen molar-refractivity contribution in [2.45, 2.75) is 18.5 Å². The lowest BCUT2D eigenvalue weighted by molar-refractivity contribution is 0.0168. The second-order valence-electron chi connectivity index (χ2n) is 2.68. The molecule has 1 rings (SSSR count). The highest BCUT2D eigenvalue weighted by atomic mass is 16.5. The van der Waals surface area contributed by atoms with Gasteiger partial charge in [-0.3, -0.25) is 0 Å². The molecule has 0 aromatic heterocycles. The highest BCUT2D eigenvalue weighted by Crippen LogP contribution is 2.24. The molecular weight excluding hydrogens is 139 g/mol.